The Morgan fingerprint density at radius 1 is 1.39 bits per heavy atom. The lowest BCUT2D eigenvalue weighted by molar-refractivity contribution is 0.716. The van der Waals surface area contributed by atoms with Gasteiger partial charge < -0.3 is 10.6 Å². The third kappa shape index (κ3) is 4.30. The molecular weight excluding hydrogens is 222 g/mol. The lowest BCUT2D eigenvalue weighted by Gasteiger charge is -2.24. The summed E-state index contributed by atoms with van der Waals surface area (Å²) in [6, 6.07) is 2.42. The van der Waals surface area contributed by atoms with Crippen LogP contribution in [0.4, 0.5) is 5.82 Å². The van der Waals surface area contributed by atoms with Gasteiger partial charge in [-0.25, -0.2) is 4.98 Å². The first kappa shape index (κ1) is 15.0. The number of unbranched alkanes of at least 4 members (excludes halogenated alkanes) is 1. The molecule has 0 amide bonds. The molecule has 3 heteroatoms. The van der Waals surface area contributed by atoms with Crippen LogP contribution in [0.2, 0.25) is 0 Å². The van der Waals surface area contributed by atoms with Crippen molar-refractivity contribution < 1.29 is 0 Å². The van der Waals surface area contributed by atoms with E-state index in [0.717, 1.165) is 25.3 Å². The monoisotopic (exact) mass is 249 g/mol. The smallest absolute Gasteiger partial charge is 0.131 e. The fraction of sp³-hybridized carbons (Fsp3) is 0.667. The van der Waals surface area contributed by atoms with Gasteiger partial charge in [-0.1, -0.05) is 19.4 Å². The summed E-state index contributed by atoms with van der Waals surface area (Å²) in [4.78, 5) is 6.98. The van der Waals surface area contributed by atoms with Crippen molar-refractivity contribution in [3.05, 3.63) is 23.4 Å². The molecule has 0 saturated heterocycles. The standard InChI is InChI=1S/C15H27N3/c1-5-7-8-18(6-2)15-12(3)9-14(11-17-15)10-13(4)16/h9,11,13H,5-8,10,16H2,1-4H3. The molecular formula is C15H27N3. The number of pyridine rings is 1. The maximum absolute atomic E-state index is 5.83. The van der Waals surface area contributed by atoms with Crippen molar-refractivity contribution in [1.29, 1.82) is 0 Å². The zero-order chi connectivity index (χ0) is 13.5. The first-order valence-electron chi connectivity index (χ1n) is 7.04. The van der Waals surface area contributed by atoms with Crippen LogP contribution < -0.4 is 10.6 Å². The van der Waals surface area contributed by atoms with Crippen LogP contribution in [0.3, 0.4) is 0 Å². The number of nitrogens with two attached hydrogens (primary N) is 1. The third-order valence-electron chi connectivity index (χ3n) is 3.13. The Balaban J connectivity index is 2.82. The predicted octanol–water partition coefficient (Wildman–Crippen LogP) is 2.91. The van der Waals surface area contributed by atoms with Crippen LogP contribution in [-0.4, -0.2) is 24.1 Å². The van der Waals surface area contributed by atoms with Crippen LogP contribution in [0.15, 0.2) is 12.3 Å². The van der Waals surface area contributed by atoms with Gasteiger partial charge in [0, 0.05) is 25.3 Å². The van der Waals surface area contributed by atoms with Crippen molar-refractivity contribution in [2.24, 2.45) is 5.73 Å². The Morgan fingerprint density at radius 3 is 2.61 bits per heavy atom. The minimum atomic E-state index is 0.194. The normalized spacial score (nSPS) is 12.5. The van der Waals surface area contributed by atoms with Crippen LogP contribution in [0.1, 0.15) is 44.7 Å². The molecule has 0 aliphatic rings. The van der Waals surface area contributed by atoms with Gasteiger partial charge in [0.15, 0.2) is 0 Å². The minimum absolute atomic E-state index is 0.194. The Hall–Kier alpha value is -1.09. The number of anilines is 1. The molecule has 0 bridgehead atoms. The van der Waals surface area contributed by atoms with E-state index in [0.29, 0.717) is 0 Å². The summed E-state index contributed by atoms with van der Waals surface area (Å²) in [5.41, 5.74) is 8.32. The van der Waals surface area contributed by atoms with E-state index in [4.69, 9.17) is 5.73 Å². The summed E-state index contributed by atoms with van der Waals surface area (Å²) in [5.74, 6) is 1.12. The first-order valence-corrected chi connectivity index (χ1v) is 7.04. The average Bonchev–Trinajstić information content (AvgIpc) is 2.31. The highest BCUT2D eigenvalue weighted by Crippen LogP contribution is 2.19. The number of hydrogen-bond acceptors (Lipinski definition) is 3. The number of aryl methyl sites for hydroxylation is 1. The first-order chi connectivity index (χ1) is 8.58. The number of hydrogen-bond donors (Lipinski definition) is 1. The molecule has 0 fully saturated rings. The summed E-state index contributed by atoms with van der Waals surface area (Å²) in [7, 11) is 0. The Morgan fingerprint density at radius 2 is 2.11 bits per heavy atom. The molecule has 102 valence electrons. The second-order valence-electron chi connectivity index (χ2n) is 5.10. The van der Waals surface area contributed by atoms with Gasteiger partial charge in [-0.15, -0.1) is 0 Å². The predicted molar refractivity (Wildman–Crippen MR) is 79.1 cm³/mol. The molecule has 2 N–H and O–H groups in total. The van der Waals surface area contributed by atoms with E-state index in [1.165, 1.54) is 24.0 Å². The Labute approximate surface area is 111 Å². The number of nitrogens with zero attached hydrogens (tertiary/aromatic N) is 2. The Kier molecular flexibility index (Phi) is 6.13. The second kappa shape index (κ2) is 7.37. The van der Waals surface area contributed by atoms with Crippen molar-refractivity contribution in [3.63, 3.8) is 0 Å². The van der Waals surface area contributed by atoms with Crippen LogP contribution in [-0.2, 0) is 6.42 Å². The fourth-order valence-electron chi connectivity index (χ4n) is 2.20. The van der Waals surface area contributed by atoms with E-state index >= 15 is 0 Å². The van der Waals surface area contributed by atoms with Crippen molar-refractivity contribution in [3.8, 4) is 0 Å². The average molecular weight is 249 g/mol. The molecule has 0 spiro atoms. The number of rotatable bonds is 7. The van der Waals surface area contributed by atoms with Crippen molar-refractivity contribution in [2.75, 3.05) is 18.0 Å². The minimum Gasteiger partial charge on any atom is -0.357 e. The lowest BCUT2D eigenvalue weighted by Crippen LogP contribution is -2.26. The molecule has 3 nitrogen and oxygen atoms in total. The third-order valence-corrected chi connectivity index (χ3v) is 3.13. The molecule has 1 aromatic heterocycles. The Bertz CT molecular complexity index is 361. The molecule has 1 unspecified atom stereocenters. The molecule has 1 rings (SSSR count). The molecule has 1 atom stereocenters. The maximum atomic E-state index is 5.83. The fourth-order valence-corrected chi connectivity index (χ4v) is 2.20. The zero-order valence-corrected chi connectivity index (χ0v) is 12.2. The van der Waals surface area contributed by atoms with Crippen molar-refractivity contribution >= 4 is 5.82 Å². The van der Waals surface area contributed by atoms with E-state index in [-0.39, 0.29) is 6.04 Å². The molecule has 0 aliphatic carbocycles. The number of aromatic nitrogens is 1. The highest BCUT2D eigenvalue weighted by atomic mass is 15.2. The van der Waals surface area contributed by atoms with E-state index in [2.05, 4.69) is 36.7 Å². The van der Waals surface area contributed by atoms with E-state index in [1.807, 2.05) is 13.1 Å². The van der Waals surface area contributed by atoms with Gasteiger partial charge in [0.25, 0.3) is 0 Å². The van der Waals surface area contributed by atoms with Crippen LogP contribution >= 0.6 is 0 Å². The van der Waals surface area contributed by atoms with Gasteiger partial charge >= 0.3 is 0 Å². The van der Waals surface area contributed by atoms with Crippen molar-refractivity contribution in [2.45, 2.75) is 53.0 Å². The zero-order valence-electron chi connectivity index (χ0n) is 12.2. The second-order valence-corrected chi connectivity index (χ2v) is 5.10. The van der Waals surface area contributed by atoms with Gasteiger partial charge in [0.1, 0.15) is 5.82 Å². The van der Waals surface area contributed by atoms with Gasteiger partial charge in [-0.2, -0.15) is 0 Å². The molecule has 0 radical (unpaired) electrons. The summed E-state index contributed by atoms with van der Waals surface area (Å²) >= 11 is 0. The summed E-state index contributed by atoms with van der Waals surface area (Å²) in [6.45, 7) is 10.7. The highest BCUT2D eigenvalue weighted by molar-refractivity contribution is 5.47. The molecule has 1 aromatic rings. The molecule has 0 aliphatic heterocycles. The van der Waals surface area contributed by atoms with Gasteiger partial charge in [0.2, 0.25) is 0 Å². The summed E-state index contributed by atoms with van der Waals surface area (Å²) in [6.07, 6.45) is 5.31. The van der Waals surface area contributed by atoms with Crippen LogP contribution in [0.25, 0.3) is 0 Å². The summed E-state index contributed by atoms with van der Waals surface area (Å²) in [5, 5.41) is 0. The lowest BCUT2D eigenvalue weighted by atomic mass is 10.1. The van der Waals surface area contributed by atoms with E-state index in [9.17, 15) is 0 Å². The maximum Gasteiger partial charge on any atom is 0.131 e. The van der Waals surface area contributed by atoms with Gasteiger partial charge in [0.05, 0.1) is 0 Å². The largest absolute Gasteiger partial charge is 0.357 e. The molecule has 1 heterocycles. The van der Waals surface area contributed by atoms with Crippen LogP contribution in [0, 0.1) is 6.92 Å². The molecule has 18 heavy (non-hydrogen) atoms. The van der Waals surface area contributed by atoms with Gasteiger partial charge in [-0.3, -0.25) is 0 Å². The molecule has 0 aromatic carbocycles. The van der Waals surface area contributed by atoms with Crippen LogP contribution in [0.5, 0.6) is 0 Å². The van der Waals surface area contributed by atoms with E-state index in [1.54, 1.807) is 0 Å². The van der Waals surface area contributed by atoms with Crippen molar-refractivity contribution in [1.82, 2.24) is 4.98 Å². The highest BCUT2D eigenvalue weighted by Gasteiger charge is 2.09. The molecule has 0 saturated carbocycles. The van der Waals surface area contributed by atoms with Gasteiger partial charge in [-0.05, 0) is 44.7 Å². The van der Waals surface area contributed by atoms with E-state index < -0.39 is 0 Å². The quantitative estimate of drug-likeness (QED) is 0.808. The topological polar surface area (TPSA) is 42.2 Å². The summed E-state index contributed by atoms with van der Waals surface area (Å²) < 4.78 is 0. The SMILES string of the molecule is CCCCN(CC)c1ncc(CC(C)N)cc1C.